The van der Waals surface area contributed by atoms with Crippen molar-refractivity contribution >= 4 is 28.5 Å². The number of fused-ring (bicyclic) bond motifs is 1. The lowest BCUT2D eigenvalue weighted by atomic mass is 10.1. The quantitative estimate of drug-likeness (QED) is 0.644. The minimum Gasteiger partial charge on any atom is -0.395 e. The highest BCUT2D eigenvalue weighted by Gasteiger charge is 2.31. The molecule has 26 heavy (non-hydrogen) atoms. The van der Waals surface area contributed by atoms with Gasteiger partial charge in [-0.1, -0.05) is 0 Å². The van der Waals surface area contributed by atoms with Gasteiger partial charge in [0.05, 0.1) is 23.8 Å². The van der Waals surface area contributed by atoms with Crippen LogP contribution in [0.5, 0.6) is 0 Å². The van der Waals surface area contributed by atoms with Crippen molar-refractivity contribution in [2.24, 2.45) is 7.05 Å². The summed E-state index contributed by atoms with van der Waals surface area (Å²) in [4.78, 5) is 8.60. The van der Waals surface area contributed by atoms with E-state index in [2.05, 4.69) is 25.7 Å². The fourth-order valence-corrected chi connectivity index (χ4v) is 2.54. The van der Waals surface area contributed by atoms with Gasteiger partial charge in [-0.25, -0.2) is 0 Å². The van der Waals surface area contributed by atoms with Crippen molar-refractivity contribution in [1.82, 2.24) is 19.7 Å². The molecule has 0 saturated carbocycles. The number of halogens is 3. The molecule has 3 aromatic rings. The smallest absolute Gasteiger partial charge is 0.395 e. The third-order valence-corrected chi connectivity index (χ3v) is 3.66. The molecule has 138 valence electrons. The van der Waals surface area contributed by atoms with Crippen molar-refractivity contribution in [3.63, 3.8) is 0 Å². The zero-order valence-electron chi connectivity index (χ0n) is 14.1. The molecule has 2 aromatic heterocycles. The van der Waals surface area contributed by atoms with Gasteiger partial charge < -0.3 is 15.7 Å². The molecule has 10 heteroatoms. The van der Waals surface area contributed by atoms with E-state index in [1.165, 1.54) is 4.68 Å². The summed E-state index contributed by atoms with van der Waals surface area (Å²) in [5.74, 6) is 0.559. The van der Waals surface area contributed by atoms with Crippen molar-refractivity contribution in [3.8, 4) is 0 Å². The Morgan fingerprint density at radius 2 is 1.96 bits per heavy atom. The normalized spacial score (nSPS) is 11.8. The molecule has 0 aliphatic carbocycles. The standard InChI is InChI=1S/C16H17F3N6O/c1-9-5-10(16(17,18)19)7-11(6-9)22-15-23-13(20-3-4-26)12-8-21-25(2)14(12)24-15/h5-8,26H,3-4H2,1-2H3,(H2,20,22,23,24). The number of hydrogen-bond donors (Lipinski definition) is 3. The third kappa shape index (κ3) is 3.69. The molecule has 7 nitrogen and oxygen atoms in total. The SMILES string of the molecule is Cc1cc(Nc2nc(NCCO)c3cnn(C)c3n2)cc(C(F)(F)F)c1. The first-order chi connectivity index (χ1) is 12.3. The summed E-state index contributed by atoms with van der Waals surface area (Å²) in [6, 6.07) is 3.65. The first kappa shape index (κ1) is 17.9. The maximum atomic E-state index is 13.0. The summed E-state index contributed by atoms with van der Waals surface area (Å²) < 4.78 is 40.5. The lowest BCUT2D eigenvalue weighted by molar-refractivity contribution is -0.137. The highest BCUT2D eigenvalue weighted by atomic mass is 19.4. The summed E-state index contributed by atoms with van der Waals surface area (Å²) in [6.07, 6.45) is -2.86. The van der Waals surface area contributed by atoms with E-state index in [9.17, 15) is 13.2 Å². The molecule has 2 heterocycles. The molecule has 0 saturated heterocycles. The van der Waals surface area contributed by atoms with E-state index in [4.69, 9.17) is 5.11 Å². The molecule has 0 radical (unpaired) electrons. The first-order valence-corrected chi connectivity index (χ1v) is 7.78. The van der Waals surface area contributed by atoms with Gasteiger partial charge in [-0.3, -0.25) is 4.68 Å². The fourth-order valence-electron chi connectivity index (χ4n) is 2.54. The largest absolute Gasteiger partial charge is 0.416 e. The van der Waals surface area contributed by atoms with Crippen LogP contribution in [0.3, 0.4) is 0 Å². The van der Waals surface area contributed by atoms with Gasteiger partial charge in [0.1, 0.15) is 5.82 Å². The molecule has 1 aromatic carbocycles. The second-order valence-corrected chi connectivity index (χ2v) is 5.76. The zero-order chi connectivity index (χ0) is 18.9. The zero-order valence-corrected chi connectivity index (χ0v) is 14.1. The summed E-state index contributed by atoms with van der Waals surface area (Å²) in [7, 11) is 1.70. The predicted octanol–water partition coefficient (Wildman–Crippen LogP) is 2.84. The molecule has 0 spiro atoms. The highest BCUT2D eigenvalue weighted by molar-refractivity contribution is 5.87. The van der Waals surface area contributed by atoms with E-state index in [0.717, 1.165) is 12.1 Å². The average Bonchev–Trinajstić information content (AvgIpc) is 2.93. The van der Waals surface area contributed by atoms with Crippen LogP contribution in [0, 0.1) is 6.92 Å². The number of anilines is 3. The van der Waals surface area contributed by atoms with Crippen molar-refractivity contribution in [1.29, 1.82) is 0 Å². The Hall–Kier alpha value is -2.88. The van der Waals surface area contributed by atoms with Gasteiger partial charge in [-0.2, -0.15) is 28.2 Å². The lowest BCUT2D eigenvalue weighted by Crippen LogP contribution is -2.10. The van der Waals surface area contributed by atoms with E-state index in [-0.39, 0.29) is 24.8 Å². The van der Waals surface area contributed by atoms with Crippen molar-refractivity contribution < 1.29 is 18.3 Å². The van der Waals surface area contributed by atoms with Crippen molar-refractivity contribution in [3.05, 3.63) is 35.5 Å². The van der Waals surface area contributed by atoms with Crippen LogP contribution < -0.4 is 10.6 Å². The Morgan fingerprint density at radius 3 is 2.65 bits per heavy atom. The van der Waals surface area contributed by atoms with Gasteiger partial charge in [0.2, 0.25) is 5.95 Å². The van der Waals surface area contributed by atoms with Crippen LogP contribution in [-0.4, -0.2) is 38.0 Å². The van der Waals surface area contributed by atoms with Crippen LogP contribution in [0.25, 0.3) is 11.0 Å². The monoisotopic (exact) mass is 366 g/mol. The number of aryl methyl sites for hydroxylation is 2. The summed E-state index contributed by atoms with van der Waals surface area (Å²) in [5.41, 5.74) is 0.446. The van der Waals surface area contributed by atoms with Crippen LogP contribution in [-0.2, 0) is 13.2 Å². The molecule has 0 unspecified atom stereocenters. The molecule has 0 amide bonds. The number of nitrogens with one attached hydrogen (secondary N) is 2. The number of aromatic nitrogens is 4. The second-order valence-electron chi connectivity index (χ2n) is 5.76. The van der Waals surface area contributed by atoms with Crippen molar-refractivity contribution in [2.75, 3.05) is 23.8 Å². The Balaban J connectivity index is 2.01. The highest BCUT2D eigenvalue weighted by Crippen LogP contribution is 2.32. The van der Waals surface area contributed by atoms with Crippen molar-refractivity contribution in [2.45, 2.75) is 13.1 Å². The second kappa shape index (κ2) is 6.79. The molecule has 0 fully saturated rings. The molecule has 0 atom stereocenters. The number of rotatable bonds is 5. The molecule has 3 N–H and O–H groups in total. The number of nitrogens with zero attached hydrogens (tertiary/aromatic N) is 4. The topological polar surface area (TPSA) is 87.9 Å². The van der Waals surface area contributed by atoms with Gasteiger partial charge >= 0.3 is 6.18 Å². The van der Waals surface area contributed by atoms with E-state index in [1.807, 2.05) is 0 Å². The van der Waals surface area contributed by atoms with Gasteiger partial charge in [0.15, 0.2) is 5.65 Å². The third-order valence-electron chi connectivity index (χ3n) is 3.66. The van der Waals surface area contributed by atoms with Crippen LogP contribution in [0.4, 0.5) is 30.6 Å². The van der Waals surface area contributed by atoms with Gasteiger partial charge in [0.25, 0.3) is 0 Å². The van der Waals surface area contributed by atoms with Crippen LogP contribution in [0.1, 0.15) is 11.1 Å². The lowest BCUT2D eigenvalue weighted by Gasteiger charge is -2.13. The van der Waals surface area contributed by atoms with Crippen LogP contribution >= 0.6 is 0 Å². The molecular formula is C16H17F3N6O. The summed E-state index contributed by atoms with van der Waals surface area (Å²) in [5, 5.41) is 19.5. The van der Waals surface area contributed by atoms with Gasteiger partial charge in [-0.05, 0) is 30.7 Å². The number of alkyl halides is 3. The van der Waals surface area contributed by atoms with E-state index in [1.54, 1.807) is 26.2 Å². The van der Waals surface area contributed by atoms with Gasteiger partial charge in [0, 0.05) is 19.3 Å². The average molecular weight is 366 g/mol. The molecular weight excluding hydrogens is 349 g/mol. The number of hydrogen-bond acceptors (Lipinski definition) is 6. The fraction of sp³-hybridized carbons (Fsp3) is 0.312. The van der Waals surface area contributed by atoms with Gasteiger partial charge in [-0.15, -0.1) is 0 Å². The first-order valence-electron chi connectivity index (χ1n) is 7.78. The Kier molecular flexibility index (Phi) is 4.68. The molecule has 3 rings (SSSR count). The maximum Gasteiger partial charge on any atom is 0.416 e. The molecule has 0 bridgehead atoms. The van der Waals surface area contributed by atoms with E-state index < -0.39 is 11.7 Å². The minimum atomic E-state index is -4.44. The number of benzene rings is 1. The minimum absolute atomic E-state index is 0.0959. The Morgan fingerprint density at radius 1 is 1.19 bits per heavy atom. The Labute approximate surface area is 146 Å². The number of aliphatic hydroxyl groups is 1. The summed E-state index contributed by atoms with van der Waals surface area (Å²) in [6.45, 7) is 1.75. The van der Waals surface area contributed by atoms with E-state index in [0.29, 0.717) is 22.4 Å². The summed E-state index contributed by atoms with van der Waals surface area (Å²) >= 11 is 0. The van der Waals surface area contributed by atoms with E-state index >= 15 is 0 Å². The predicted molar refractivity (Wildman–Crippen MR) is 91.3 cm³/mol. The molecule has 0 aliphatic heterocycles. The Bertz CT molecular complexity index is 938. The van der Waals surface area contributed by atoms with Crippen LogP contribution in [0.2, 0.25) is 0 Å². The van der Waals surface area contributed by atoms with Crippen LogP contribution in [0.15, 0.2) is 24.4 Å². The maximum absolute atomic E-state index is 13.0. The number of aliphatic hydroxyl groups excluding tert-OH is 1. The molecule has 0 aliphatic rings.